The van der Waals surface area contributed by atoms with Crippen molar-refractivity contribution in [2.75, 3.05) is 11.9 Å². The first-order valence-electron chi connectivity index (χ1n) is 8.01. The molecule has 0 radical (unpaired) electrons. The molecule has 0 bridgehead atoms. The van der Waals surface area contributed by atoms with Crippen LogP contribution in [0.2, 0.25) is 10.0 Å². The van der Waals surface area contributed by atoms with Gasteiger partial charge in [-0.3, -0.25) is 4.79 Å². The Bertz CT molecular complexity index is 949. The van der Waals surface area contributed by atoms with Gasteiger partial charge in [0.15, 0.2) is 5.16 Å². The van der Waals surface area contributed by atoms with Crippen LogP contribution in [-0.2, 0) is 11.8 Å². The number of nitrogens with zero attached hydrogens (tertiary/aromatic N) is 3. The van der Waals surface area contributed by atoms with Gasteiger partial charge in [0.1, 0.15) is 12.1 Å². The normalized spacial score (nSPS) is 10.6. The van der Waals surface area contributed by atoms with E-state index in [2.05, 4.69) is 15.5 Å². The number of ether oxygens (including phenoxy) is 1. The zero-order chi connectivity index (χ0) is 19.2. The predicted molar refractivity (Wildman–Crippen MR) is 107 cm³/mol. The zero-order valence-corrected chi connectivity index (χ0v) is 16.7. The first-order valence-corrected chi connectivity index (χ1v) is 9.58. The van der Waals surface area contributed by atoms with Crippen molar-refractivity contribution in [3.05, 3.63) is 58.8 Å². The van der Waals surface area contributed by atoms with Crippen molar-refractivity contribution < 1.29 is 9.53 Å². The largest absolute Gasteiger partial charge is 0.493 e. The molecule has 1 heterocycles. The maximum Gasteiger partial charge on any atom is 0.227 e. The van der Waals surface area contributed by atoms with Crippen LogP contribution in [0.15, 0.2) is 58.8 Å². The Balaban J connectivity index is 1.52. The number of amides is 1. The highest BCUT2D eigenvalue weighted by atomic mass is 35.5. The Morgan fingerprint density at radius 3 is 2.81 bits per heavy atom. The molecule has 6 nitrogen and oxygen atoms in total. The van der Waals surface area contributed by atoms with Crippen LogP contribution in [0.5, 0.6) is 5.75 Å². The van der Waals surface area contributed by atoms with Crippen LogP contribution in [0.25, 0.3) is 0 Å². The fourth-order valence-electron chi connectivity index (χ4n) is 2.17. The highest BCUT2D eigenvalue weighted by Gasteiger charge is 2.10. The van der Waals surface area contributed by atoms with Crippen molar-refractivity contribution in [3.8, 4) is 5.75 Å². The molecule has 0 saturated carbocycles. The third-order valence-electron chi connectivity index (χ3n) is 3.48. The summed E-state index contributed by atoms with van der Waals surface area (Å²) in [6.07, 6.45) is 1.83. The van der Waals surface area contributed by atoms with E-state index in [1.165, 1.54) is 11.8 Å². The van der Waals surface area contributed by atoms with Crippen molar-refractivity contribution >= 4 is 46.6 Å². The molecule has 3 rings (SSSR count). The Labute approximate surface area is 170 Å². The quantitative estimate of drug-likeness (QED) is 0.598. The first-order chi connectivity index (χ1) is 13.0. The summed E-state index contributed by atoms with van der Waals surface area (Å²) in [6, 6.07) is 12.4. The van der Waals surface area contributed by atoms with Crippen molar-refractivity contribution in [3.63, 3.8) is 0 Å². The van der Waals surface area contributed by atoms with Crippen LogP contribution in [0.4, 0.5) is 5.69 Å². The van der Waals surface area contributed by atoms with Gasteiger partial charge in [0, 0.05) is 22.7 Å². The summed E-state index contributed by atoms with van der Waals surface area (Å²) in [4.78, 5) is 12.9. The number of carbonyl (C=O) groups excluding carboxylic acids is 1. The number of nitrogens with one attached hydrogen (secondary N) is 1. The van der Waals surface area contributed by atoms with Crippen molar-refractivity contribution in [2.45, 2.75) is 16.5 Å². The summed E-state index contributed by atoms with van der Waals surface area (Å²) in [5.74, 6) is 0.463. The molecular weight excluding hydrogens is 407 g/mol. The molecule has 3 aromatic rings. The van der Waals surface area contributed by atoms with Crippen LogP contribution >= 0.6 is 35.0 Å². The van der Waals surface area contributed by atoms with Crippen LogP contribution in [0.3, 0.4) is 0 Å². The zero-order valence-electron chi connectivity index (χ0n) is 14.4. The Morgan fingerprint density at radius 2 is 2.11 bits per heavy atom. The summed E-state index contributed by atoms with van der Waals surface area (Å²) in [7, 11) is 1.86. The van der Waals surface area contributed by atoms with Crippen molar-refractivity contribution in [2.24, 2.45) is 7.05 Å². The lowest BCUT2D eigenvalue weighted by Crippen LogP contribution is -2.15. The summed E-state index contributed by atoms with van der Waals surface area (Å²) in [5.41, 5.74) is 0.620. The van der Waals surface area contributed by atoms with Crippen molar-refractivity contribution in [1.29, 1.82) is 0 Å². The van der Waals surface area contributed by atoms with Gasteiger partial charge in [-0.05, 0) is 48.2 Å². The Kier molecular flexibility index (Phi) is 6.60. The lowest BCUT2D eigenvalue weighted by molar-refractivity contribution is -0.116. The van der Waals surface area contributed by atoms with E-state index in [0.29, 0.717) is 21.5 Å². The van der Waals surface area contributed by atoms with Gasteiger partial charge in [-0.25, -0.2) is 0 Å². The molecule has 0 atom stereocenters. The van der Waals surface area contributed by atoms with Gasteiger partial charge in [0.05, 0.1) is 18.1 Å². The van der Waals surface area contributed by atoms with E-state index in [9.17, 15) is 4.79 Å². The summed E-state index contributed by atoms with van der Waals surface area (Å²) in [6.45, 7) is 0.250. The number of aryl methyl sites for hydroxylation is 1. The second kappa shape index (κ2) is 9.12. The maximum absolute atomic E-state index is 12.1. The Hall–Kier alpha value is -2.22. The van der Waals surface area contributed by atoms with E-state index in [0.717, 1.165) is 10.1 Å². The summed E-state index contributed by atoms with van der Waals surface area (Å²) in [5, 5.41) is 12.5. The third-order valence-corrected chi connectivity index (χ3v) is 5.27. The second-order valence-corrected chi connectivity index (χ2v) is 7.43. The number of anilines is 1. The van der Waals surface area contributed by atoms with Crippen LogP contribution in [-0.4, -0.2) is 27.3 Å². The minimum atomic E-state index is -0.165. The molecule has 0 unspecified atom stereocenters. The summed E-state index contributed by atoms with van der Waals surface area (Å²) < 4.78 is 7.32. The number of rotatable bonds is 7. The molecule has 1 amide bonds. The van der Waals surface area contributed by atoms with E-state index in [1.807, 2.05) is 13.1 Å². The minimum Gasteiger partial charge on any atom is -0.493 e. The number of aromatic nitrogens is 3. The van der Waals surface area contributed by atoms with Gasteiger partial charge in [-0.15, -0.1) is 10.2 Å². The number of halogens is 2. The maximum atomic E-state index is 12.1. The van der Waals surface area contributed by atoms with Crippen LogP contribution in [0, 0.1) is 0 Å². The Morgan fingerprint density at radius 1 is 1.26 bits per heavy atom. The molecule has 27 heavy (non-hydrogen) atoms. The van der Waals surface area contributed by atoms with Crippen molar-refractivity contribution in [1.82, 2.24) is 14.8 Å². The van der Waals surface area contributed by atoms with Gasteiger partial charge in [0.2, 0.25) is 5.91 Å². The highest BCUT2D eigenvalue weighted by molar-refractivity contribution is 7.99. The molecule has 0 aliphatic heterocycles. The summed E-state index contributed by atoms with van der Waals surface area (Å²) >= 11 is 13.6. The standard InChI is InChI=1S/C18H16Cl2N4O2S/c1-24-11-21-23-18(24)27-16-6-5-13(10-15(16)20)22-17(25)7-8-26-14-4-2-3-12(19)9-14/h2-6,9-11H,7-8H2,1H3,(H,22,25). The molecule has 0 fully saturated rings. The third kappa shape index (κ3) is 5.63. The van der Waals surface area contributed by atoms with E-state index >= 15 is 0 Å². The molecule has 0 aliphatic carbocycles. The average molecular weight is 423 g/mol. The molecule has 1 N–H and O–H groups in total. The van der Waals surface area contributed by atoms with Gasteiger partial charge in [0.25, 0.3) is 0 Å². The average Bonchev–Trinajstić information content (AvgIpc) is 3.02. The second-order valence-electron chi connectivity index (χ2n) is 5.58. The lowest BCUT2D eigenvalue weighted by atomic mass is 10.3. The van der Waals surface area contributed by atoms with Gasteiger partial charge in [-0.2, -0.15) is 0 Å². The van der Waals surface area contributed by atoms with E-state index in [4.69, 9.17) is 27.9 Å². The number of hydrogen-bond donors (Lipinski definition) is 1. The van der Waals surface area contributed by atoms with E-state index < -0.39 is 0 Å². The van der Waals surface area contributed by atoms with E-state index in [-0.39, 0.29) is 18.9 Å². The monoisotopic (exact) mass is 422 g/mol. The lowest BCUT2D eigenvalue weighted by Gasteiger charge is -2.09. The van der Waals surface area contributed by atoms with Crippen LogP contribution in [0.1, 0.15) is 6.42 Å². The molecular formula is C18H16Cl2N4O2S. The SMILES string of the molecule is Cn1cnnc1Sc1ccc(NC(=O)CCOc2cccc(Cl)c2)cc1Cl. The van der Waals surface area contributed by atoms with Crippen LogP contribution < -0.4 is 10.1 Å². The highest BCUT2D eigenvalue weighted by Crippen LogP contribution is 2.33. The van der Waals surface area contributed by atoms with E-state index in [1.54, 1.807) is 47.3 Å². The minimum absolute atomic E-state index is 0.165. The molecule has 9 heteroatoms. The number of hydrogen-bond acceptors (Lipinski definition) is 5. The molecule has 0 spiro atoms. The smallest absolute Gasteiger partial charge is 0.227 e. The molecule has 0 saturated heterocycles. The number of benzene rings is 2. The first kappa shape index (κ1) is 19.5. The molecule has 2 aromatic carbocycles. The van der Waals surface area contributed by atoms with Gasteiger partial charge in [-0.1, -0.05) is 29.3 Å². The molecule has 140 valence electrons. The molecule has 0 aliphatic rings. The predicted octanol–water partition coefficient (Wildman–Crippen LogP) is 4.68. The van der Waals surface area contributed by atoms with Gasteiger partial charge < -0.3 is 14.6 Å². The van der Waals surface area contributed by atoms with Gasteiger partial charge >= 0.3 is 0 Å². The fourth-order valence-corrected chi connectivity index (χ4v) is 3.41. The fraction of sp³-hybridized carbons (Fsp3) is 0.167. The topological polar surface area (TPSA) is 69.0 Å². The molecule has 1 aromatic heterocycles. The number of carbonyl (C=O) groups is 1.